The molecule has 5 nitrogen and oxygen atoms in total. The van der Waals surface area contributed by atoms with Gasteiger partial charge in [-0.15, -0.1) is 0 Å². The van der Waals surface area contributed by atoms with Crippen molar-refractivity contribution in [2.24, 2.45) is 5.73 Å². The summed E-state index contributed by atoms with van der Waals surface area (Å²) in [4.78, 5) is 22.0. The number of rotatable bonds is 5. The maximum absolute atomic E-state index is 11.6. The van der Waals surface area contributed by atoms with Crippen molar-refractivity contribution in [3.05, 3.63) is 29.8 Å². The Morgan fingerprint density at radius 3 is 2.38 bits per heavy atom. The molecule has 16 heavy (non-hydrogen) atoms. The van der Waals surface area contributed by atoms with Crippen LogP contribution in [0.4, 0.5) is 0 Å². The molecular weight excluding hydrogens is 210 g/mol. The molecule has 3 N–H and O–H groups in total. The highest BCUT2D eigenvalue weighted by atomic mass is 16.5. The van der Waals surface area contributed by atoms with E-state index in [4.69, 9.17) is 15.6 Å². The first-order valence-electron chi connectivity index (χ1n) is 4.70. The predicted octanol–water partition coefficient (Wildman–Crippen LogP) is 0.680. The van der Waals surface area contributed by atoms with Gasteiger partial charge in [0.05, 0.1) is 7.11 Å². The lowest BCUT2D eigenvalue weighted by molar-refractivity contribution is -0.138. The van der Waals surface area contributed by atoms with Crippen molar-refractivity contribution in [1.82, 2.24) is 0 Å². The molecule has 0 aliphatic heterocycles. The molecule has 0 radical (unpaired) electrons. The summed E-state index contributed by atoms with van der Waals surface area (Å²) in [6, 6.07) is 5.28. The maximum atomic E-state index is 11.6. The summed E-state index contributed by atoms with van der Waals surface area (Å²) < 4.78 is 4.94. The average molecular weight is 223 g/mol. The summed E-state index contributed by atoms with van der Waals surface area (Å²) in [6.07, 6.45) is -0.207. The Morgan fingerprint density at radius 2 is 1.94 bits per heavy atom. The van der Waals surface area contributed by atoms with Crippen LogP contribution in [-0.4, -0.2) is 30.0 Å². The molecule has 1 aromatic carbocycles. The second-order valence-corrected chi connectivity index (χ2v) is 3.30. The van der Waals surface area contributed by atoms with Gasteiger partial charge in [0.1, 0.15) is 11.8 Å². The summed E-state index contributed by atoms with van der Waals surface area (Å²) >= 11 is 0. The summed E-state index contributed by atoms with van der Waals surface area (Å²) in [5, 5.41) is 8.56. The molecule has 86 valence electrons. The number of Topliss-reactive ketones (excluding diaryl/α,β-unsaturated/α-hetero) is 1. The van der Waals surface area contributed by atoms with Crippen molar-refractivity contribution in [2.45, 2.75) is 12.5 Å². The first kappa shape index (κ1) is 12.2. The van der Waals surface area contributed by atoms with Gasteiger partial charge in [0.15, 0.2) is 5.78 Å². The number of hydrogen-bond donors (Lipinski definition) is 2. The van der Waals surface area contributed by atoms with Crippen LogP contribution < -0.4 is 10.5 Å². The van der Waals surface area contributed by atoms with Gasteiger partial charge in [0.25, 0.3) is 0 Å². The largest absolute Gasteiger partial charge is 0.497 e. The lowest BCUT2D eigenvalue weighted by Crippen LogP contribution is -2.32. The molecular formula is C11H13NO4. The number of methoxy groups -OCH3 is 1. The van der Waals surface area contributed by atoms with E-state index < -0.39 is 12.0 Å². The molecule has 0 amide bonds. The van der Waals surface area contributed by atoms with Crippen molar-refractivity contribution >= 4 is 11.8 Å². The van der Waals surface area contributed by atoms with E-state index >= 15 is 0 Å². The SMILES string of the molecule is COc1ccc(C(=O)C[C@@H](N)C(=O)O)cc1. The molecule has 0 aromatic heterocycles. The van der Waals surface area contributed by atoms with Gasteiger partial charge in [-0.1, -0.05) is 0 Å². The van der Waals surface area contributed by atoms with Gasteiger partial charge in [0, 0.05) is 12.0 Å². The van der Waals surface area contributed by atoms with E-state index in [1.54, 1.807) is 24.3 Å². The quantitative estimate of drug-likeness (QED) is 0.716. The lowest BCUT2D eigenvalue weighted by Gasteiger charge is -2.06. The van der Waals surface area contributed by atoms with Crippen LogP contribution >= 0.6 is 0 Å². The van der Waals surface area contributed by atoms with Crippen LogP contribution in [0.25, 0.3) is 0 Å². The molecule has 0 bridgehead atoms. The minimum atomic E-state index is -1.18. The number of carbonyl (C=O) groups excluding carboxylic acids is 1. The van der Waals surface area contributed by atoms with Crippen LogP contribution in [0, 0.1) is 0 Å². The van der Waals surface area contributed by atoms with Crippen LogP contribution in [0.2, 0.25) is 0 Å². The number of ether oxygens (including phenoxy) is 1. The fraction of sp³-hybridized carbons (Fsp3) is 0.273. The van der Waals surface area contributed by atoms with Gasteiger partial charge in [-0.2, -0.15) is 0 Å². The summed E-state index contributed by atoms with van der Waals surface area (Å²) in [7, 11) is 1.52. The molecule has 0 saturated heterocycles. The fourth-order valence-electron chi connectivity index (χ4n) is 1.18. The second kappa shape index (κ2) is 5.27. The van der Waals surface area contributed by atoms with Gasteiger partial charge in [-0.05, 0) is 24.3 Å². The minimum absolute atomic E-state index is 0.207. The summed E-state index contributed by atoms with van der Waals surface area (Å²) in [5.74, 6) is -0.835. The van der Waals surface area contributed by atoms with E-state index in [1.165, 1.54) is 7.11 Å². The first-order chi connectivity index (χ1) is 7.54. The Kier molecular flexibility index (Phi) is 4.02. The topological polar surface area (TPSA) is 89.6 Å². The Morgan fingerprint density at radius 1 is 1.38 bits per heavy atom. The van der Waals surface area contributed by atoms with Crippen molar-refractivity contribution in [3.8, 4) is 5.75 Å². The Bertz CT molecular complexity index is 385. The monoisotopic (exact) mass is 223 g/mol. The van der Waals surface area contributed by atoms with Crippen LogP contribution in [0.1, 0.15) is 16.8 Å². The van der Waals surface area contributed by atoms with Gasteiger partial charge < -0.3 is 15.6 Å². The standard InChI is InChI=1S/C11H13NO4/c1-16-8-4-2-7(3-5-8)10(13)6-9(12)11(14)15/h2-5,9H,6,12H2,1H3,(H,14,15)/t9-/m1/s1. The second-order valence-electron chi connectivity index (χ2n) is 3.30. The van der Waals surface area contributed by atoms with Crippen LogP contribution in [-0.2, 0) is 4.79 Å². The van der Waals surface area contributed by atoms with Gasteiger partial charge >= 0.3 is 5.97 Å². The number of hydrogen-bond acceptors (Lipinski definition) is 4. The van der Waals surface area contributed by atoms with E-state index in [1.807, 2.05) is 0 Å². The fourth-order valence-corrected chi connectivity index (χ4v) is 1.18. The van der Waals surface area contributed by atoms with Crippen LogP contribution in [0.15, 0.2) is 24.3 Å². The number of carboxylic acid groups (broad SMARTS) is 1. The molecule has 0 saturated carbocycles. The number of aliphatic carboxylic acids is 1. The van der Waals surface area contributed by atoms with Crippen molar-refractivity contribution < 1.29 is 19.4 Å². The van der Waals surface area contributed by atoms with Crippen LogP contribution in [0.5, 0.6) is 5.75 Å². The molecule has 1 aromatic rings. The summed E-state index contributed by atoms with van der Waals surface area (Å²) in [5.41, 5.74) is 5.69. The van der Waals surface area contributed by atoms with E-state index in [-0.39, 0.29) is 12.2 Å². The molecule has 1 atom stereocenters. The van der Waals surface area contributed by atoms with Crippen molar-refractivity contribution in [1.29, 1.82) is 0 Å². The van der Waals surface area contributed by atoms with Gasteiger partial charge in [0.2, 0.25) is 0 Å². The number of ketones is 1. The summed E-state index contributed by atoms with van der Waals surface area (Å²) in [6.45, 7) is 0. The number of benzene rings is 1. The third kappa shape index (κ3) is 3.06. The zero-order chi connectivity index (χ0) is 12.1. The number of carboxylic acids is 1. The molecule has 5 heteroatoms. The smallest absolute Gasteiger partial charge is 0.320 e. The van der Waals surface area contributed by atoms with E-state index in [2.05, 4.69) is 0 Å². The number of nitrogens with two attached hydrogens (primary N) is 1. The molecule has 0 heterocycles. The molecule has 0 fully saturated rings. The number of carbonyl (C=O) groups is 2. The Hall–Kier alpha value is -1.88. The van der Waals surface area contributed by atoms with Gasteiger partial charge in [-0.3, -0.25) is 9.59 Å². The highest BCUT2D eigenvalue weighted by Crippen LogP contribution is 2.13. The Balaban J connectivity index is 2.69. The average Bonchev–Trinajstić information content (AvgIpc) is 2.28. The van der Waals surface area contributed by atoms with Gasteiger partial charge in [-0.25, -0.2) is 0 Å². The Labute approximate surface area is 92.8 Å². The lowest BCUT2D eigenvalue weighted by atomic mass is 10.0. The highest BCUT2D eigenvalue weighted by molar-refractivity contribution is 5.98. The minimum Gasteiger partial charge on any atom is -0.497 e. The van der Waals surface area contributed by atoms with E-state index in [0.717, 1.165) is 0 Å². The zero-order valence-corrected chi connectivity index (χ0v) is 8.84. The maximum Gasteiger partial charge on any atom is 0.320 e. The predicted molar refractivity (Wildman–Crippen MR) is 57.6 cm³/mol. The van der Waals surface area contributed by atoms with E-state index in [0.29, 0.717) is 11.3 Å². The molecule has 0 aliphatic rings. The molecule has 1 rings (SSSR count). The molecule has 0 aliphatic carbocycles. The zero-order valence-electron chi connectivity index (χ0n) is 8.84. The van der Waals surface area contributed by atoms with Crippen LogP contribution in [0.3, 0.4) is 0 Å². The highest BCUT2D eigenvalue weighted by Gasteiger charge is 2.17. The van der Waals surface area contributed by atoms with E-state index in [9.17, 15) is 9.59 Å². The van der Waals surface area contributed by atoms with Crippen molar-refractivity contribution in [2.75, 3.05) is 7.11 Å². The van der Waals surface area contributed by atoms with Crippen molar-refractivity contribution in [3.63, 3.8) is 0 Å². The third-order valence-corrected chi connectivity index (χ3v) is 2.13. The first-order valence-corrected chi connectivity index (χ1v) is 4.70. The molecule has 0 spiro atoms. The third-order valence-electron chi connectivity index (χ3n) is 2.13. The normalized spacial score (nSPS) is 11.9. The molecule has 0 unspecified atom stereocenters.